The highest BCUT2D eigenvalue weighted by atomic mass is 19.1. The van der Waals surface area contributed by atoms with E-state index in [0.717, 1.165) is 11.3 Å². The molecule has 18 heavy (non-hydrogen) atoms. The first-order chi connectivity index (χ1) is 8.58. The van der Waals surface area contributed by atoms with Crippen LogP contribution < -0.4 is 11.1 Å². The minimum atomic E-state index is -0.191. The summed E-state index contributed by atoms with van der Waals surface area (Å²) in [5.74, 6) is -0.191. The zero-order chi connectivity index (χ0) is 13.1. The Labute approximate surface area is 106 Å². The molecule has 0 saturated carbocycles. The normalized spacial score (nSPS) is 12.2. The molecule has 0 aliphatic carbocycles. The Morgan fingerprint density at radius 3 is 2.78 bits per heavy atom. The molecular weight excluding hydrogens is 229 g/mol. The van der Waals surface area contributed by atoms with Crippen LogP contribution in [-0.4, -0.2) is 4.98 Å². The van der Waals surface area contributed by atoms with Gasteiger partial charge in [-0.3, -0.25) is 4.98 Å². The van der Waals surface area contributed by atoms with Gasteiger partial charge >= 0.3 is 0 Å². The molecule has 2 aromatic rings. The Morgan fingerprint density at radius 2 is 2.11 bits per heavy atom. The first-order valence-corrected chi connectivity index (χ1v) is 5.80. The molecule has 1 heterocycles. The largest absolute Gasteiger partial charge is 0.396 e. The van der Waals surface area contributed by atoms with Crippen LogP contribution in [0.25, 0.3) is 0 Å². The van der Waals surface area contributed by atoms with Crippen molar-refractivity contribution >= 4 is 11.4 Å². The van der Waals surface area contributed by atoms with Crippen LogP contribution in [0.15, 0.2) is 36.7 Å². The summed E-state index contributed by atoms with van der Waals surface area (Å²) >= 11 is 0. The molecule has 3 nitrogen and oxygen atoms in total. The van der Waals surface area contributed by atoms with Crippen LogP contribution in [0.3, 0.4) is 0 Å². The third-order valence-corrected chi connectivity index (χ3v) is 2.92. The molecule has 1 unspecified atom stereocenters. The van der Waals surface area contributed by atoms with E-state index in [4.69, 9.17) is 5.73 Å². The van der Waals surface area contributed by atoms with Crippen molar-refractivity contribution in [1.29, 1.82) is 0 Å². The predicted octanol–water partition coefficient (Wildman–Crippen LogP) is 3.28. The van der Waals surface area contributed by atoms with Crippen LogP contribution in [-0.2, 0) is 0 Å². The number of benzene rings is 1. The highest BCUT2D eigenvalue weighted by Gasteiger charge is 2.09. The molecular formula is C14H16FN3. The van der Waals surface area contributed by atoms with Crippen LogP contribution in [0, 0.1) is 12.7 Å². The van der Waals surface area contributed by atoms with Crippen LogP contribution in [0.4, 0.5) is 15.8 Å². The number of nitrogens with two attached hydrogens (primary N) is 1. The summed E-state index contributed by atoms with van der Waals surface area (Å²) in [5.41, 5.74) is 8.72. The van der Waals surface area contributed by atoms with Crippen molar-refractivity contribution in [2.75, 3.05) is 11.1 Å². The molecule has 1 atom stereocenters. The first kappa shape index (κ1) is 12.4. The lowest BCUT2D eigenvalue weighted by Crippen LogP contribution is -2.09. The Morgan fingerprint density at radius 1 is 1.33 bits per heavy atom. The van der Waals surface area contributed by atoms with Gasteiger partial charge in [0.2, 0.25) is 0 Å². The summed E-state index contributed by atoms with van der Waals surface area (Å²) in [6.07, 6.45) is 3.26. The van der Waals surface area contributed by atoms with E-state index in [0.29, 0.717) is 11.3 Å². The lowest BCUT2D eigenvalue weighted by atomic mass is 10.1. The van der Waals surface area contributed by atoms with Crippen molar-refractivity contribution in [2.45, 2.75) is 19.9 Å². The van der Waals surface area contributed by atoms with E-state index >= 15 is 0 Å². The smallest absolute Gasteiger partial charge is 0.126 e. The van der Waals surface area contributed by atoms with Crippen molar-refractivity contribution in [3.05, 3.63) is 53.6 Å². The maximum Gasteiger partial charge on any atom is 0.126 e. The van der Waals surface area contributed by atoms with Gasteiger partial charge in [-0.2, -0.15) is 0 Å². The average molecular weight is 245 g/mol. The molecule has 0 spiro atoms. The fraction of sp³-hybridized carbons (Fsp3) is 0.214. The van der Waals surface area contributed by atoms with Gasteiger partial charge in [0.05, 0.1) is 17.6 Å². The fourth-order valence-corrected chi connectivity index (χ4v) is 1.73. The number of nitrogens with one attached hydrogen (secondary N) is 1. The highest BCUT2D eigenvalue weighted by molar-refractivity contribution is 5.64. The minimum absolute atomic E-state index is 0.0233. The van der Waals surface area contributed by atoms with E-state index in [-0.39, 0.29) is 11.9 Å². The lowest BCUT2D eigenvalue weighted by Gasteiger charge is -2.17. The minimum Gasteiger partial charge on any atom is -0.396 e. The fourth-order valence-electron chi connectivity index (χ4n) is 1.73. The molecule has 0 amide bonds. The molecule has 1 aromatic heterocycles. The molecule has 4 heteroatoms. The second kappa shape index (κ2) is 5.04. The van der Waals surface area contributed by atoms with Crippen LogP contribution in [0.1, 0.15) is 24.1 Å². The van der Waals surface area contributed by atoms with Gasteiger partial charge in [-0.05, 0) is 37.1 Å². The van der Waals surface area contributed by atoms with E-state index in [1.165, 1.54) is 0 Å². The topological polar surface area (TPSA) is 50.9 Å². The number of hydrogen-bond acceptors (Lipinski definition) is 3. The predicted molar refractivity (Wildman–Crippen MR) is 71.8 cm³/mol. The van der Waals surface area contributed by atoms with Crippen LogP contribution in [0.2, 0.25) is 0 Å². The van der Waals surface area contributed by atoms with Gasteiger partial charge in [0, 0.05) is 12.2 Å². The molecule has 2 rings (SSSR count). The Balaban J connectivity index is 2.19. The van der Waals surface area contributed by atoms with Gasteiger partial charge in [-0.1, -0.05) is 12.1 Å². The van der Waals surface area contributed by atoms with Gasteiger partial charge in [0.1, 0.15) is 5.82 Å². The van der Waals surface area contributed by atoms with E-state index in [1.807, 2.05) is 13.0 Å². The molecule has 0 bridgehead atoms. The van der Waals surface area contributed by atoms with Gasteiger partial charge < -0.3 is 11.1 Å². The second-order valence-corrected chi connectivity index (χ2v) is 4.34. The second-order valence-electron chi connectivity index (χ2n) is 4.34. The maximum absolute atomic E-state index is 13.5. The summed E-state index contributed by atoms with van der Waals surface area (Å²) in [4.78, 5) is 3.93. The average Bonchev–Trinajstić information content (AvgIpc) is 2.35. The zero-order valence-electron chi connectivity index (χ0n) is 10.4. The van der Waals surface area contributed by atoms with E-state index < -0.39 is 0 Å². The summed E-state index contributed by atoms with van der Waals surface area (Å²) in [6.45, 7) is 3.71. The Bertz CT molecular complexity index is 554. The van der Waals surface area contributed by atoms with Crippen molar-refractivity contribution in [3.8, 4) is 0 Å². The first-order valence-electron chi connectivity index (χ1n) is 5.80. The molecule has 94 valence electrons. The Kier molecular flexibility index (Phi) is 3.46. The maximum atomic E-state index is 13.5. The number of aromatic nitrogens is 1. The summed E-state index contributed by atoms with van der Waals surface area (Å²) in [6, 6.07) is 7.01. The lowest BCUT2D eigenvalue weighted by molar-refractivity contribution is 0.614. The van der Waals surface area contributed by atoms with Crippen LogP contribution in [0.5, 0.6) is 0 Å². The number of aryl methyl sites for hydroxylation is 1. The number of nitrogen functional groups attached to an aromatic ring is 1. The quantitative estimate of drug-likeness (QED) is 0.872. The molecule has 3 N–H and O–H groups in total. The van der Waals surface area contributed by atoms with E-state index in [9.17, 15) is 4.39 Å². The SMILES string of the molecule is Cc1ccc(C(C)Nc2ccncc2N)cc1F. The molecule has 1 aromatic carbocycles. The van der Waals surface area contributed by atoms with Gasteiger partial charge in [0.15, 0.2) is 0 Å². The number of hydrogen-bond donors (Lipinski definition) is 2. The van der Waals surface area contributed by atoms with Crippen molar-refractivity contribution < 1.29 is 4.39 Å². The number of halogens is 1. The van der Waals surface area contributed by atoms with Gasteiger partial charge in [-0.15, -0.1) is 0 Å². The summed E-state index contributed by atoms with van der Waals surface area (Å²) in [5, 5.41) is 3.24. The van der Waals surface area contributed by atoms with Gasteiger partial charge in [0.25, 0.3) is 0 Å². The monoisotopic (exact) mass is 245 g/mol. The number of rotatable bonds is 3. The van der Waals surface area contributed by atoms with Crippen molar-refractivity contribution in [3.63, 3.8) is 0 Å². The molecule has 0 fully saturated rings. The number of nitrogens with zero attached hydrogens (tertiary/aromatic N) is 1. The number of pyridine rings is 1. The number of anilines is 2. The standard InChI is InChI=1S/C14H16FN3/c1-9-3-4-11(7-12(9)15)10(2)18-14-5-6-17-8-13(14)16/h3-8,10H,16H2,1-2H3,(H,17,18). The third-order valence-electron chi connectivity index (χ3n) is 2.92. The molecule has 0 radical (unpaired) electrons. The van der Waals surface area contributed by atoms with Crippen LogP contribution >= 0.6 is 0 Å². The molecule has 0 aliphatic rings. The summed E-state index contributed by atoms with van der Waals surface area (Å²) < 4.78 is 13.5. The Hall–Kier alpha value is -2.10. The molecule has 0 saturated heterocycles. The highest BCUT2D eigenvalue weighted by Crippen LogP contribution is 2.24. The van der Waals surface area contributed by atoms with E-state index in [1.54, 1.807) is 37.5 Å². The zero-order valence-corrected chi connectivity index (χ0v) is 10.4. The van der Waals surface area contributed by atoms with Gasteiger partial charge in [-0.25, -0.2) is 4.39 Å². The van der Waals surface area contributed by atoms with Crippen molar-refractivity contribution in [1.82, 2.24) is 4.98 Å². The summed E-state index contributed by atoms with van der Waals surface area (Å²) in [7, 11) is 0. The van der Waals surface area contributed by atoms with E-state index in [2.05, 4.69) is 10.3 Å². The third kappa shape index (κ3) is 2.59. The van der Waals surface area contributed by atoms with Crippen molar-refractivity contribution in [2.24, 2.45) is 0 Å². The molecule has 0 aliphatic heterocycles.